The Morgan fingerprint density at radius 2 is 2.08 bits per heavy atom. The van der Waals surface area contributed by atoms with Crippen LogP contribution in [-0.2, 0) is 14.8 Å². The molecule has 3 N–H and O–H groups in total. The van der Waals surface area contributed by atoms with Gasteiger partial charge in [-0.25, -0.2) is 17.9 Å². The summed E-state index contributed by atoms with van der Waals surface area (Å²) in [6.45, 7) is 0.918. The van der Waals surface area contributed by atoms with Crippen LogP contribution in [0.3, 0.4) is 0 Å². The molecule has 6 nitrogen and oxygen atoms in total. The van der Waals surface area contributed by atoms with Crippen LogP contribution in [0.2, 0.25) is 0 Å². The maximum Gasteiger partial charge on any atom is 0.333 e. The van der Waals surface area contributed by atoms with Crippen LogP contribution >= 0.6 is 0 Å². The van der Waals surface area contributed by atoms with Gasteiger partial charge >= 0.3 is 5.97 Å². The van der Waals surface area contributed by atoms with Gasteiger partial charge in [0.15, 0.2) is 6.10 Å². The molecular formula is C5H11NO5S. The molecule has 0 rings (SSSR count). The van der Waals surface area contributed by atoms with Gasteiger partial charge in [0.05, 0.1) is 5.75 Å². The lowest BCUT2D eigenvalue weighted by Gasteiger charge is -2.06. The third-order valence-corrected chi connectivity index (χ3v) is 2.53. The van der Waals surface area contributed by atoms with Gasteiger partial charge < -0.3 is 10.2 Å². The molecular weight excluding hydrogens is 186 g/mol. The van der Waals surface area contributed by atoms with Crippen LogP contribution in [-0.4, -0.2) is 43.0 Å². The molecule has 0 bridgehead atoms. The first-order valence-corrected chi connectivity index (χ1v) is 4.92. The molecule has 72 valence electrons. The fourth-order valence-corrected chi connectivity index (χ4v) is 1.01. The SMILES string of the molecule is CCS(=O)(=O)NC[C@H](O)C(=O)O. The van der Waals surface area contributed by atoms with Gasteiger partial charge in [-0.3, -0.25) is 0 Å². The number of sulfonamides is 1. The van der Waals surface area contributed by atoms with Gasteiger partial charge in [0, 0.05) is 6.54 Å². The number of nitrogens with one attached hydrogen (secondary N) is 1. The first-order valence-electron chi connectivity index (χ1n) is 3.27. The number of aliphatic hydroxyl groups is 1. The van der Waals surface area contributed by atoms with Gasteiger partial charge in [0.25, 0.3) is 0 Å². The minimum atomic E-state index is -3.42. The molecule has 0 aliphatic carbocycles. The Balaban J connectivity index is 3.92. The largest absolute Gasteiger partial charge is 0.479 e. The summed E-state index contributed by atoms with van der Waals surface area (Å²) in [5.41, 5.74) is 0. The molecule has 0 aromatic carbocycles. The van der Waals surface area contributed by atoms with E-state index in [1.54, 1.807) is 0 Å². The molecule has 0 aliphatic rings. The number of aliphatic carboxylic acids is 1. The Kier molecular flexibility index (Phi) is 4.15. The summed E-state index contributed by atoms with van der Waals surface area (Å²) in [5.74, 6) is -1.59. The van der Waals surface area contributed by atoms with Crippen LogP contribution in [0, 0.1) is 0 Å². The van der Waals surface area contributed by atoms with Gasteiger partial charge in [0.1, 0.15) is 0 Å². The molecule has 0 saturated carbocycles. The molecule has 12 heavy (non-hydrogen) atoms. The highest BCUT2D eigenvalue weighted by Gasteiger charge is 2.15. The predicted molar refractivity (Wildman–Crippen MR) is 41.1 cm³/mol. The van der Waals surface area contributed by atoms with Gasteiger partial charge in [-0.15, -0.1) is 0 Å². The van der Waals surface area contributed by atoms with Crippen molar-refractivity contribution in [3.8, 4) is 0 Å². The van der Waals surface area contributed by atoms with Gasteiger partial charge in [-0.1, -0.05) is 0 Å². The minimum absolute atomic E-state index is 0.140. The van der Waals surface area contributed by atoms with Crippen LogP contribution in [0.15, 0.2) is 0 Å². The van der Waals surface area contributed by atoms with Crippen LogP contribution in [0.5, 0.6) is 0 Å². The van der Waals surface area contributed by atoms with E-state index in [9.17, 15) is 13.2 Å². The Labute approximate surface area is 70.3 Å². The molecule has 0 spiro atoms. The summed E-state index contributed by atoms with van der Waals surface area (Å²) in [6.07, 6.45) is -1.69. The van der Waals surface area contributed by atoms with Crippen molar-refractivity contribution in [2.75, 3.05) is 12.3 Å². The lowest BCUT2D eigenvalue weighted by Crippen LogP contribution is -2.37. The molecule has 0 fully saturated rings. The molecule has 0 unspecified atom stereocenters. The van der Waals surface area contributed by atoms with E-state index in [-0.39, 0.29) is 5.75 Å². The Morgan fingerprint density at radius 1 is 1.58 bits per heavy atom. The van der Waals surface area contributed by atoms with Crippen molar-refractivity contribution in [1.82, 2.24) is 4.72 Å². The number of carboxylic acid groups (broad SMARTS) is 1. The summed E-state index contributed by atoms with van der Waals surface area (Å²) < 4.78 is 23.4. The van der Waals surface area contributed by atoms with E-state index in [0.717, 1.165) is 0 Å². The third-order valence-electron chi connectivity index (χ3n) is 1.16. The van der Waals surface area contributed by atoms with Crippen molar-refractivity contribution in [2.45, 2.75) is 13.0 Å². The van der Waals surface area contributed by atoms with Gasteiger partial charge in [-0.05, 0) is 6.92 Å². The summed E-state index contributed by atoms with van der Waals surface area (Å²) >= 11 is 0. The van der Waals surface area contributed by atoms with Gasteiger partial charge in [-0.2, -0.15) is 0 Å². The van der Waals surface area contributed by atoms with E-state index in [1.807, 2.05) is 4.72 Å². The van der Waals surface area contributed by atoms with Crippen LogP contribution < -0.4 is 4.72 Å². The second-order valence-electron chi connectivity index (χ2n) is 2.11. The monoisotopic (exact) mass is 197 g/mol. The molecule has 0 aromatic heterocycles. The standard InChI is InChI=1S/C5H11NO5S/c1-2-12(10,11)6-3-4(7)5(8)9/h4,6-7H,2-3H2,1H3,(H,8,9)/t4-/m0/s1. The fourth-order valence-electron chi connectivity index (χ4n) is 0.395. The lowest BCUT2D eigenvalue weighted by atomic mass is 10.4. The zero-order valence-corrected chi connectivity index (χ0v) is 7.34. The maximum absolute atomic E-state index is 10.7. The van der Waals surface area contributed by atoms with E-state index < -0.39 is 28.6 Å². The number of carbonyl (C=O) groups is 1. The number of carboxylic acids is 1. The molecule has 0 heterocycles. The summed E-state index contributed by atoms with van der Waals surface area (Å²) in [5, 5.41) is 16.8. The average molecular weight is 197 g/mol. The highest BCUT2D eigenvalue weighted by Crippen LogP contribution is 1.85. The third kappa shape index (κ3) is 4.27. The number of hydrogen-bond acceptors (Lipinski definition) is 4. The van der Waals surface area contributed by atoms with E-state index in [1.165, 1.54) is 6.92 Å². The lowest BCUT2D eigenvalue weighted by molar-refractivity contribution is -0.146. The fraction of sp³-hybridized carbons (Fsp3) is 0.800. The van der Waals surface area contributed by atoms with Crippen molar-refractivity contribution in [3.63, 3.8) is 0 Å². The van der Waals surface area contributed by atoms with E-state index in [0.29, 0.717) is 0 Å². The van der Waals surface area contributed by atoms with Crippen molar-refractivity contribution >= 4 is 16.0 Å². The first-order chi connectivity index (χ1) is 5.39. The zero-order chi connectivity index (χ0) is 9.78. The maximum atomic E-state index is 10.7. The molecule has 1 atom stereocenters. The number of rotatable bonds is 5. The molecule has 0 amide bonds. The van der Waals surface area contributed by atoms with Crippen molar-refractivity contribution < 1.29 is 23.4 Å². The Morgan fingerprint density at radius 3 is 2.42 bits per heavy atom. The summed E-state index contributed by atoms with van der Waals surface area (Å²) in [6, 6.07) is 0. The second-order valence-corrected chi connectivity index (χ2v) is 4.20. The van der Waals surface area contributed by atoms with Crippen LogP contribution in [0.4, 0.5) is 0 Å². The number of aliphatic hydroxyl groups excluding tert-OH is 1. The Bertz CT molecular complexity index is 247. The van der Waals surface area contributed by atoms with Crippen LogP contribution in [0.25, 0.3) is 0 Å². The van der Waals surface area contributed by atoms with Crippen molar-refractivity contribution in [3.05, 3.63) is 0 Å². The van der Waals surface area contributed by atoms with E-state index in [4.69, 9.17) is 10.2 Å². The molecule has 0 aliphatic heterocycles. The number of hydrogen-bond donors (Lipinski definition) is 3. The molecule has 0 radical (unpaired) electrons. The topological polar surface area (TPSA) is 104 Å². The highest BCUT2D eigenvalue weighted by atomic mass is 32.2. The predicted octanol–water partition coefficient (Wildman–Crippen LogP) is -1.63. The summed E-state index contributed by atoms with van der Waals surface area (Å²) in [7, 11) is -3.42. The van der Waals surface area contributed by atoms with Crippen molar-refractivity contribution in [2.24, 2.45) is 0 Å². The first kappa shape index (κ1) is 11.3. The quantitative estimate of drug-likeness (QED) is 0.491. The van der Waals surface area contributed by atoms with E-state index in [2.05, 4.69) is 0 Å². The van der Waals surface area contributed by atoms with Crippen LogP contribution in [0.1, 0.15) is 6.92 Å². The van der Waals surface area contributed by atoms with Gasteiger partial charge in [0.2, 0.25) is 10.0 Å². The smallest absolute Gasteiger partial charge is 0.333 e. The average Bonchev–Trinajstić information content (AvgIpc) is 2.00. The molecule has 7 heteroatoms. The Hall–Kier alpha value is -0.660. The molecule has 0 aromatic rings. The normalized spacial score (nSPS) is 14.2. The minimum Gasteiger partial charge on any atom is -0.479 e. The molecule has 0 saturated heterocycles. The van der Waals surface area contributed by atoms with Crippen molar-refractivity contribution in [1.29, 1.82) is 0 Å². The zero-order valence-electron chi connectivity index (χ0n) is 6.52. The summed E-state index contributed by atoms with van der Waals surface area (Å²) in [4.78, 5) is 10.0. The highest BCUT2D eigenvalue weighted by molar-refractivity contribution is 7.89. The second kappa shape index (κ2) is 4.39. The van der Waals surface area contributed by atoms with E-state index >= 15 is 0 Å².